The van der Waals surface area contributed by atoms with Gasteiger partial charge in [0.1, 0.15) is 10.7 Å². The van der Waals surface area contributed by atoms with E-state index in [1.165, 1.54) is 27.4 Å². The summed E-state index contributed by atoms with van der Waals surface area (Å²) in [5.74, 6) is -0.774. The van der Waals surface area contributed by atoms with Crippen LogP contribution in [-0.4, -0.2) is 57.9 Å². The summed E-state index contributed by atoms with van der Waals surface area (Å²) in [5.41, 5.74) is 0. The second-order valence-corrected chi connectivity index (χ2v) is 9.38. The molecule has 1 aliphatic heterocycles. The minimum atomic E-state index is -3.84. The van der Waals surface area contributed by atoms with Crippen LogP contribution in [0.2, 0.25) is 0 Å². The molecule has 27 heavy (non-hydrogen) atoms. The van der Waals surface area contributed by atoms with E-state index >= 15 is 0 Å². The molecule has 1 saturated heterocycles. The number of amides is 1. The number of nitrogens with zero attached hydrogens (tertiary/aromatic N) is 1. The van der Waals surface area contributed by atoms with Gasteiger partial charge in [-0.3, -0.25) is 4.79 Å². The van der Waals surface area contributed by atoms with Crippen LogP contribution in [0.25, 0.3) is 0 Å². The molecule has 0 saturated carbocycles. The van der Waals surface area contributed by atoms with Gasteiger partial charge in [0, 0.05) is 11.4 Å². The second-order valence-electron chi connectivity index (χ2n) is 6.44. The lowest BCUT2D eigenvalue weighted by Gasteiger charge is -2.31. The molecule has 0 aliphatic carbocycles. The molecule has 0 bridgehead atoms. The molecule has 1 amide bonds. The van der Waals surface area contributed by atoms with Crippen molar-refractivity contribution in [3.05, 3.63) is 52.5 Å². The Morgan fingerprint density at radius 2 is 1.93 bits per heavy atom. The Hall–Kier alpha value is -1.81. The highest BCUT2D eigenvalue weighted by molar-refractivity contribution is 7.89. The van der Waals surface area contributed by atoms with Crippen molar-refractivity contribution in [2.24, 2.45) is 0 Å². The van der Waals surface area contributed by atoms with Gasteiger partial charge in [-0.15, -0.1) is 11.3 Å². The first-order chi connectivity index (χ1) is 13.0. The minimum absolute atomic E-state index is 0.0352. The lowest BCUT2D eigenvalue weighted by Crippen LogP contribution is -3.15. The SMILES string of the molecule is O=C(C[NH+]1CCN(S(=O)(=O)c2ccccc2F)CC1)NCCc1cccs1. The van der Waals surface area contributed by atoms with Crippen LogP contribution in [0.3, 0.4) is 0 Å². The van der Waals surface area contributed by atoms with Crippen molar-refractivity contribution in [2.45, 2.75) is 11.3 Å². The largest absolute Gasteiger partial charge is 0.351 e. The molecule has 2 heterocycles. The number of hydrogen-bond acceptors (Lipinski definition) is 4. The molecule has 1 fully saturated rings. The Balaban J connectivity index is 1.46. The zero-order chi connectivity index (χ0) is 19.3. The summed E-state index contributed by atoms with van der Waals surface area (Å²) in [6.07, 6.45) is 0.813. The highest BCUT2D eigenvalue weighted by Gasteiger charge is 2.32. The van der Waals surface area contributed by atoms with Gasteiger partial charge in [-0.25, -0.2) is 12.8 Å². The minimum Gasteiger partial charge on any atom is -0.351 e. The van der Waals surface area contributed by atoms with Gasteiger partial charge >= 0.3 is 0 Å². The summed E-state index contributed by atoms with van der Waals surface area (Å²) in [4.78, 5) is 14.0. The summed E-state index contributed by atoms with van der Waals surface area (Å²) in [6, 6.07) is 9.43. The highest BCUT2D eigenvalue weighted by Crippen LogP contribution is 2.18. The second kappa shape index (κ2) is 8.92. The topological polar surface area (TPSA) is 70.9 Å². The van der Waals surface area contributed by atoms with Crippen molar-refractivity contribution < 1.29 is 22.5 Å². The van der Waals surface area contributed by atoms with E-state index in [1.807, 2.05) is 17.5 Å². The van der Waals surface area contributed by atoms with Crippen LogP contribution in [0, 0.1) is 5.82 Å². The molecule has 0 radical (unpaired) electrons. The molecule has 0 unspecified atom stereocenters. The molecule has 2 N–H and O–H groups in total. The molecule has 9 heteroatoms. The Labute approximate surface area is 162 Å². The summed E-state index contributed by atoms with van der Waals surface area (Å²) in [6.45, 7) is 2.50. The van der Waals surface area contributed by atoms with Gasteiger partial charge in [-0.1, -0.05) is 18.2 Å². The van der Waals surface area contributed by atoms with E-state index in [-0.39, 0.29) is 23.9 Å². The van der Waals surface area contributed by atoms with Gasteiger partial charge in [0.2, 0.25) is 10.0 Å². The third-order valence-corrected chi connectivity index (χ3v) is 7.44. The first-order valence-corrected chi connectivity index (χ1v) is 11.2. The number of sulfonamides is 1. The number of benzene rings is 1. The quantitative estimate of drug-likeness (QED) is 0.680. The average Bonchev–Trinajstić information content (AvgIpc) is 3.16. The first kappa shape index (κ1) is 19.9. The van der Waals surface area contributed by atoms with Gasteiger partial charge < -0.3 is 10.2 Å². The number of halogens is 1. The van der Waals surface area contributed by atoms with Crippen molar-refractivity contribution in [1.82, 2.24) is 9.62 Å². The molecule has 146 valence electrons. The number of rotatable bonds is 7. The summed E-state index contributed by atoms with van der Waals surface area (Å²) in [5, 5.41) is 4.92. The van der Waals surface area contributed by atoms with Crippen LogP contribution < -0.4 is 10.2 Å². The smallest absolute Gasteiger partial charge is 0.275 e. The molecule has 2 aromatic rings. The molecule has 3 rings (SSSR count). The van der Waals surface area contributed by atoms with E-state index in [1.54, 1.807) is 11.3 Å². The van der Waals surface area contributed by atoms with Crippen molar-refractivity contribution in [3.63, 3.8) is 0 Å². The van der Waals surface area contributed by atoms with E-state index in [0.717, 1.165) is 17.4 Å². The van der Waals surface area contributed by atoms with Crippen LogP contribution in [0.15, 0.2) is 46.7 Å². The maximum Gasteiger partial charge on any atom is 0.275 e. The van der Waals surface area contributed by atoms with E-state index < -0.39 is 15.8 Å². The van der Waals surface area contributed by atoms with Crippen LogP contribution in [-0.2, 0) is 21.2 Å². The highest BCUT2D eigenvalue weighted by atomic mass is 32.2. The van der Waals surface area contributed by atoms with Gasteiger partial charge in [0.15, 0.2) is 6.54 Å². The van der Waals surface area contributed by atoms with Crippen LogP contribution in [0.4, 0.5) is 4.39 Å². The van der Waals surface area contributed by atoms with Crippen LogP contribution in [0.1, 0.15) is 4.88 Å². The van der Waals surface area contributed by atoms with E-state index in [2.05, 4.69) is 5.32 Å². The molecule has 6 nitrogen and oxygen atoms in total. The Kier molecular flexibility index (Phi) is 6.59. The first-order valence-electron chi connectivity index (χ1n) is 8.84. The van der Waals surface area contributed by atoms with Crippen molar-refractivity contribution in [1.29, 1.82) is 0 Å². The summed E-state index contributed by atoms with van der Waals surface area (Å²) in [7, 11) is -3.84. The molecule has 0 spiro atoms. The lowest BCUT2D eigenvalue weighted by atomic mass is 10.3. The fourth-order valence-electron chi connectivity index (χ4n) is 3.08. The van der Waals surface area contributed by atoms with Crippen molar-refractivity contribution in [3.8, 4) is 0 Å². The van der Waals surface area contributed by atoms with E-state index in [9.17, 15) is 17.6 Å². The average molecular weight is 413 g/mol. The van der Waals surface area contributed by atoms with Gasteiger partial charge in [0.05, 0.1) is 26.2 Å². The lowest BCUT2D eigenvalue weighted by molar-refractivity contribution is -0.895. The van der Waals surface area contributed by atoms with Gasteiger partial charge in [0.25, 0.3) is 5.91 Å². The van der Waals surface area contributed by atoms with Crippen molar-refractivity contribution >= 4 is 27.3 Å². The summed E-state index contributed by atoms with van der Waals surface area (Å²) < 4.78 is 40.3. The number of hydrogen-bond donors (Lipinski definition) is 2. The number of carbonyl (C=O) groups excluding carboxylic acids is 1. The predicted molar refractivity (Wildman–Crippen MR) is 102 cm³/mol. The summed E-state index contributed by atoms with van der Waals surface area (Å²) >= 11 is 1.67. The number of carbonyl (C=O) groups is 1. The number of nitrogens with one attached hydrogen (secondary N) is 2. The Morgan fingerprint density at radius 1 is 1.19 bits per heavy atom. The van der Waals surface area contributed by atoms with E-state index in [0.29, 0.717) is 26.2 Å². The molecular formula is C18H23FN3O3S2+. The number of thiophene rings is 1. The predicted octanol–water partition coefficient (Wildman–Crippen LogP) is 0.135. The number of quaternary nitrogens is 1. The fourth-order valence-corrected chi connectivity index (χ4v) is 5.30. The molecule has 1 aromatic heterocycles. The third kappa shape index (κ3) is 5.13. The zero-order valence-electron chi connectivity index (χ0n) is 14.9. The third-order valence-electron chi connectivity index (χ3n) is 4.57. The fraction of sp³-hybridized carbons (Fsp3) is 0.389. The van der Waals surface area contributed by atoms with E-state index in [4.69, 9.17) is 0 Å². The molecule has 1 aromatic carbocycles. The molecule has 1 aliphatic rings. The van der Waals surface area contributed by atoms with Crippen LogP contribution in [0.5, 0.6) is 0 Å². The van der Waals surface area contributed by atoms with Gasteiger partial charge in [-0.2, -0.15) is 4.31 Å². The normalized spacial score (nSPS) is 16.3. The maximum absolute atomic E-state index is 13.8. The standard InChI is InChI=1S/C18H22FN3O3S2/c19-16-5-1-2-6-17(16)27(24,25)22-11-9-21(10-12-22)14-18(23)20-8-7-15-4-3-13-26-15/h1-6,13H,7-12,14H2,(H,20,23)/p+1. The monoisotopic (exact) mass is 412 g/mol. The zero-order valence-corrected chi connectivity index (χ0v) is 16.5. The molecular weight excluding hydrogens is 389 g/mol. The Bertz CT molecular complexity index is 864. The Morgan fingerprint density at radius 3 is 2.59 bits per heavy atom. The van der Waals surface area contributed by atoms with Gasteiger partial charge in [-0.05, 0) is 30.0 Å². The van der Waals surface area contributed by atoms with Crippen molar-refractivity contribution in [2.75, 3.05) is 39.3 Å². The number of piperazine rings is 1. The molecule has 0 atom stereocenters. The maximum atomic E-state index is 13.8. The van der Waals surface area contributed by atoms with Crippen LogP contribution >= 0.6 is 11.3 Å².